The quantitative estimate of drug-likeness (QED) is 0.830. The molecule has 2 atom stereocenters. The molecule has 5 nitrogen and oxygen atoms in total. The van der Waals surface area contributed by atoms with Crippen molar-refractivity contribution in [2.24, 2.45) is 0 Å². The summed E-state index contributed by atoms with van der Waals surface area (Å²) in [5.74, 6) is 1.36. The molecule has 0 saturated carbocycles. The van der Waals surface area contributed by atoms with Gasteiger partial charge in [0.05, 0.1) is 12.7 Å². The summed E-state index contributed by atoms with van der Waals surface area (Å²) in [6.07, 6.45) is 2.17. The third-order valence-corrected chi connectivity index (χ3v) is 3.29. The first-order chi connectivity index (χ1) is 8.65. The van der Waals surface area contributed by atoms with Crippen LogP contribution in [0.4, 0.5) is 5.82 Å². The van der Waals surface area contributed by atoms with Gasteiger partial charge in [0, 0.05) is 25.8 Å². The standard InChI is InChI=1S/C13H20N2O3/c1-3-17-11-5-4-7-14-12(11)15-9-13(16)6-8-18-10(13)2/h4-5,7,10,16H,3,6,8-9H2,1-2H3,(H,14,15). The maximum atomic E-state index is 10.4. The summed E-state index contributed by atoms with van der Waals surface area (Å²) in [6.45, 7) is 5.41. The molecule has 5 heteroatoms. The fraction of sp³-hybridized carbons (Fsp3) is 0.615. The minimum Gasteiger partial charge on any atom is -0.490 e. The maximum absolute atomic E-state index is 10.4. The predicted molar refractivity (Wildman–Crippen MR) is 68.9 cm³/mol. The second-order valence-corrected chi connectivity index (χ2v) is 4.50. The molecule has 2 N–H and O–H groups in total. The molecule has 1 fully saturated rings. The molecule has 1 aliphatic heterocycles. The van der Waals surface area contributed by atoms with Crippen molar-refractivity contribution in [1.29, 1.82) is 0 Å². The average Bonchev–Trinajstić information content (AvgIpc) is 2.70. The fourth-order valence-electron chi connectivity index (χ4n) is 2.04. The lowest BCUT2D eigenvalue weighted by atomic mass is 9.97. The van der Waals surface area contributed by atoms with Gasteiger partial charge in [-0.3, -0.25) is 0 Å². The van der Waals surface area contributed by atoms with E-state index >= 15 is 0 Å². The third kappa shape index (κ3) is 2.73. The molecule has 0 aliphatic carbocycles. The van der Waals surface area contributed by atoms with Gasteiger partial charge in [0.15, 0.2) is 11.6 Å². The van der Waals surface area contributed by atoms with E-state index in [1.54, 1.807) is 6.20 Å². The Labute approximate surface area is 107 Å². The van der Waals surface area contributed by atoms with Crippen molar-refractivity contribution in [3.05, 3.63) is 18.3 Å². The lowest BCUT2D eigenvalue weighted by Gasteiger charge is -2.26. The molecule has 2 heterocycles. The van der Waals surface area contributed by atoms with E-state index in [0.29, 0.717) is 37.7 Å². The van der Waals surface area contributed by atoms with Crippen LogP contribution >= 0.6 is 0 Å². The summed E-state index contributed by atoms with van der Waals surface area (Å²) in [6, 6.07) is 3.68. The van der Waals surface area contributed by atoms with Crippen LogP contribution in [0.25, 0.3) is 0 Å². The van der Waals surface area contributed by atoms with Crippen molar-refractivity contribution in [2.45, 2.75) is 32.0 Å². The van der Waals surface area contributed by atoms with Gasteiger partial charge in [0.25, 0.3) is 0 Å². The Morgan fingerprint density at radius 1 is 1.67 bits per heavy atom. The van der Waals surface area contributed by atoms with Gasteiger partial charge in [-0.05, 0) is 26.0 Å². The monoisotopic (exact) mass is 252 g/mol. The molecular weight excluding hydrogens is 232 g/mol. The van der Waals surface area contributed by atoms with E-state index in [0.717, 1.165) is 0 Å². The molecule has 1 aromatic rings. The Morgan fingerprint density at radius 3 is 3.17 bits per heavy atom. The molecular formula is C13H20N2O3. The van der Waals surface area contributed by atoms with Crippen molar-refractivity contribution < 1.29 is 14.6 Å². The zero-order valence-electron chi connectivity index (χ0n) is 10.8. The fourth-order valence-corrected chi connectivity index (χ4v) is 2.04. The Hall–Kier alpha value is -1.33. The van der Waals surface area contributed by atoms with Crippen LogP contribution in [0.5, 0.6) is 5.75 Å². The summed E-state index contributed by atoms with van der Waals surface area (Å²) >= 11 is 0. The smallest absolute Gasteiger partial charge is 0.168 e. The molecule has 0 aromatic carbocycles. The van der Waals surface area contributed by atoms with Gasteiger partial charge in [-0.25, -0.2) is 4.98 Å². The van der Waals surface area contributed by atoms with Crippen molar-refractivity contribution >= 4 is 5.82 Å². The molecule has 0 bridgehead atoms. The number of nitrogens with zero attached hydrogens (tertiary/aromatic N) is 1. The summed E-state index contributed by atoms with van der Waals surface area (Å²) in [4.78, 5) is 4.23. The molecule has 0 amide bonds. The highest BCUT2D eigenvalue weighted by Crippen LogP contribution is 2.27. The van der Waals surface area contributed by atoms with E-state index in [9.17, 15) is 5.11 Å². The summed E-state index contributed by atoms with van der Waals surface area (Å²) in [7, 11) is 0. The summed E-state index contributed by atoms with van der Waals surface area (Å²) < 4.78 is 10.9. The second-order valence-electron chi connectivity index (χ2n) is 4.50. The third-order valence-electron chi connectivity index (χ3n) is 3.29. The van der Waals surface area contributed by atoms with Crippen LogP contribution in [0, 0.1) is 0 Å². The van der Waals surface area contributed by atoms with Crippen LogP contribution in [0.15, 0.2) is 18.3 Å². The van der Waals surface area contributed by atoms with Crippen LogP contribution in [0.1, 0.15) is 20.3 Å². The zero-order valence-corrected chi connectivity index (χ0v) is 10.8. The Kier molecular flexibility index (Phi) is 4.04. The number of aliphatic hydroxyl groups is 1. The van der Waals surface area contributed by atoms with Gasteiger partial charge < -0.3 is 19.9 Å². The van der Waals surface area contributed by atoms with E-state index in [1.165, 1.54) is 0 Å². The van der Waals surface area contributed by atoms with Crippen LogP contribution in [-0.4, -0.2) is 41.6 Å². The lowest BCUT2D eigenvalue weighted by molar-refractivity contribution is -0.0176. The van der Waals surface area contributed by atoms with Crippen LogP contribution < -0.4 is 10.1 Å². The van der Waals surface area contributed by atoms with Gasteiger partial charge in [-0.1, -0.05) is 0 Å². The van der Waals surface area contributed by atoms with Crippen LogP contribution in [-0.2, 0) is 4.74 Å². The molecule has 1 aromatic heterocycles. The van der Waals surface area contributed by atoms with Crippen molar-refractivity contribution in [3.63, 3.8) is 0 Å². The van der Waals surface area contributed by atoms with Crippen molar-refractivity contribution in [1.82, 2.24) is 4.98 Å². The number of hydrogen-bond donors (Lipinski definition) is 2. The maximum Gasteiger partial charge on any atom is 0.168 e. The molecule has 18 heavy (non-hydrogen) atoms. The molecule has 0 radical (unpaired) electrons. The second kappa shape index (κ2) is 5.54. The van der Waals surface area contributed by atoms with Gasteiger partial charge in [0.2, 0.25) is 0 Å². The molecule has 2 unspecified atom stereocenters. The van der Waals surface area contributed by atoms with Gasteiger partial charge in [-0.15, -0.1) is 0 Å². The molecule has 100 valence electrons. The first-order valence-electron chi connectivity index (χ1n) is 6.31. The van der Waals surface area contributed by atoms with Gasteiger partial charge >= 0.3 is 0 Å². The Morgan fingerprint density at radius 2 is 2.50 bits per heavy atom. The van der Waals surface area contributed by atoms with E-state index in [2.05, 4.69) is 10.3 Å². The molecule has 0 spiro atoms. The molecule has 1 aliphatic rings. The van der Waals surface area contributed by atoms with E-state index in [1.807, 2.05) is 26.0 Å². The van der Waals surface area contributed by atoms with E-state index in [-0.39, 0.29) is 6.10 Å². The average molecular weight is 252 g/mol. The highest BCUT2D eigenvalue weighted by molar-refractivity contribution is 5.49. The first-order valence-corrected chi connectivity index (χ1v) is 6.31. The zero-order chi connectivity index (χ0) is 13.0. The molecule has 2 rings (SSSR count). The number of ether oxygens (including phenoxy) is 2. The first kappa shape index (κ1) is 13.1. The van der Waals surface area contributed by atoms with Crippen LogP contribution in [0.3, 0.4) is 0 Å². The topological polar surface area (TPSA) is 63.6 Å². The highest BCUT2D eigenvalue weighted by Gasteiger charge is 2.39. The van der Waals surface area contributed by atoms with Gasteiger partial charge in [0.1, 0.15) is 5.60 Å². The number of rotatable bonds is 5. The predicted octanol–water partition coefficient (Wildman–Crippen LogP) is 1.43. The van der Waals surface area contributed by atoms with E-state index < -0.39 is 5.60 Å². The summed E-state index contributed by atoms with van der Waals surface area (Å²) in [5.41, 5.74) is -0.832. The normalized spacial score (nSPS) is 27.2. The number of pyridine rings is 1. The lowest BCUT2D eigenvalue weighted by Crippen LogP contribution is -2.43. The minimum atomic E-state index is -0.832. The number of aromatic nitrogens is 1. The number of nitrogens with one attached hydrogen (secondary N) is 1. The highest BCUT2D eigenvalue weighted by atomic mass is 16.5. The Bertz CT molecular complexity index is 400. The molecule has 1 saturated heterocycles. The van der Waals surface area contributed by atoms with Gasteiger partial charge in [-0.2, -0.15) is 0 Å². The Balaban J connectivity index is 2.01. The largest absolute Gasteiger partial charge is 0.490 e. The van der Waals surface area contributed by atoms with Crippen LogP contribution in [0.2, 0.25) is 0 Å². The summed E-state index contributed by atoms with van der Waals surface area (Å²) in [5, 5.41) is 13.5. The number of hydrogen-bond acceptors (Lipinski definition) is 5. The van der Waals surface area contributed by atoms with Crippen molar-refractivity contribution in [3.8, 4) is 5.75 Å². The SMILES string of the molecule is CCOc1cccnc1NCC1(O)CCOC1C. The van der Waals surface area contributed by atoms with Crippen molar-refractivity contribution in [2.75, 3.05) is 25.1 Å². The number of anilines is 1. The van der Waals surface area contributed by atoms with E-state index in [4.69, 9.17) is 9.47 Å². The minimum absolute atomic E-state index is 0.163.